The Labute approximate surface area is 209 Å². The van der Waals surface area contributed by atoms with Crippen molar-refractivity contribution >= 4 is 23.4 Å². The number of hydrogen-bond donors (Lipinski definition) is 2. The number of aryl methyl sites for hydroxylation is 2. The van der Waals surface area contributed by atoms with Crippen LogP contribution in [0.3, 0.4) is 0 Å². The molecular weight excluding hydrogens is 458 g/mol. The van der Waals surface area contributed by atoms with Crippen molar-refractivity contribution in [3.05, 3.63) is 71.0 Å². The summed E-state index contributed by atoms with van der Waals surface area (Å²) in [6.07, 6.45) is 0. The summed E-state index contributed by atoms with van der Waals surface area (Å²) < 4.78 is 3.27. The van der Waals surface area contributed by atoms with Gasteiger partial charge in [-0.3, -0.25) is 4.79 Å². The number of carbonyl (C=O) groups is 1. The fourth-order valence-corrected chi connectivity index (χ4v) is 4.41. The Morgan fingerprint density at radius 1 is 1.00 bits per heavy atom. The van der Waals surface area contributed by atoms with Gasteiger partial charge >= 0.3 is 0 Å². The van der Waals surface area contributed by atoms with Crippen molar-refractivity contribution in [2.75, 3.05) is 16.9 Å². The molecule has 4 rings (SSSR count). The highest BCUT2D eigenvalue weighted by Crippen LogP contribution is 2.27. The zero-order valence-corrected chi connectivity index (χ0v) is 21.8. The van der Waals surface area contributed by atoms with Crippen LogP contribution in [0.1, 0.15) is 43.3 Å². The number of rotatable bonds is 6. The smallest absolute Gasteiger partial charge is 0.234 e. The maximum atomic E-state index is 12.7. The van der Waals surface area contributed by atoms with E-state index in [1.54, 1.807) is 0 Å². The molecule has 2 aromatic carbocycles. The molecule has 0 aliphatic carbocycles. The van der Waals surface area contributed by atoms with Gasteiger partial charge in [0.25, 0.3) is 0 Å². The summed E-state index contributed by atoms with van der Waals surface area (Å²) in [6.45, 7) is 12.4. The lowest BCUT2D eigenvalue weighted by atomic mass is 9.87. The summed E-state index contributed by atoms with van der Waals surface area (Å²) in [5, 5.41) is 16.5. The van der Waals surface area contributed by atoms with E-state index in [4.69, 9.17) is 5.84 Å². The fourth-order valence-electron chi connectivity index (χ4n) is 3.76. The second kappa shape index (κ2) is 9.58. The number of benzene rings is 2. The molecule has 0 bridgehead atoms. The minimum Gasteiger partial charge on any atom is -0.335 e. The highest BCUT2D eigenvalue weighted by Gasteiger charge is 2.18. The summed E-state index contributed by atoms with van der Waals surface area (Å²) in [5.74, 6) is 6.79. The van der Waals surface area contributed by atoms with E-state index < -0.39 is 0 Å². The SMILES string of the molecule is Cc1ccc(-n2nc(C)c(NC(=O)CSc3nnc(-c4ccc(C(C)(C)C)cc4)n3N)c2C)cc1. The van der Waals surface area contributed by atoms with Gasteiger partial charge < -0.3 is 11.2 Å². The van der Waals surface area contributed by atoms with Crippen LogP contribution >= 0.6 is 11.8 Å². The topological polar surface area (TPSA) is 104 Å². The molecule has 0 unspecified atom stereocenters. The van der Waals surface area contributed by atoms with Crippen LogP contribution in [0.15, 0.2) is 53.7 Å². The fraction of sp³-hybridized carbons (Fsp3) is 0.308. The van der Waals surface area contributed by atoms with Crippen molar-refractivity contribution in [2.24, 2.45) is 0 Å². The normalized spacial score (nSPS) is 11.6. The van der Waals surface area contributed by atoms with Gasteiger partial charge in [-0.25, -0.2) is 9.36 Å². The average molecular weight is 490 g/mol. The van der Waals surface area contributed by atoms with E-state index in [0.717, 1.165) is 22.6 Å². The number of carbonyl (C=O) groups excluding carboxylic acids is 1. The summed E-state index contributed by atoms with van der Waals surface area (Å²) in [6, 6.07) is 16.2. The Bertz CT molecular complexity index is 1350. The van der Waals surface area contributed by atoms with Gasteiger partial charge in [-0.05, 0) is 43.9 Å². The molecule has 0 saturated heterocycles. The molecule has 4 aromatic rings. The van der Waals surface area contributed by atoms with E-state index in [9.17, 15) is 4.79 Å². The molecule has 8 nitrogen and oxygen atoms in total. The Hall–Kier alpha value is -3.59. The summed E-state index contributed by atoms with van der Waals surface area (Å²) in [7, 11) is 0. The number of anilines is 1. The number of aromatic nitrogens is 5. The van der Waals surface area contributed by atoms with Crippen molar-refractivity contribution in [3.8, 4) is 17.1 Å². The molecule has 1 amide bonds. The van der Waals surface area contributed by atoms with Crippen LogP contribution in [-0.2, 0) is 10.2 Å². The Balaban J connectivity index is 1.43. The van der Waals surface area contributed by atoms with Crippen LogP contribution in [-0.4, -0.2) is 36.3 Å². The lowest BCUT2D eigenvalue weighted by Gasteiger charge is -2.19. The first-order valence-corrected chi connectivity index (χ1v) is 12.4. The minimum absolute atomic E-state index is 0.0661. The molecule has 9 heteroatoms. The van der Waals surface area contributed by atoms with Crippen LogP contribution in [0.2, 0.25) is 0 Å². The second-order valence-corrected chi connectivity index (χ2v) is 10.6. The number of hydrogen-bond acceptors (Lipinski definition) is 6. The molecule has 0 aliphatic rings. The molecule has 0 radical (unpaired) electrons. The van der Waals surface area contributed by atoms with Gasteiger partial charge in [0.05, 0.1) is 28.5 Å². The standard InChI is InChI=1S/C26H31N7OS/c1-16-7-13-21(14-8-16)33-18(3)23(17(2)31-33)28-22(34)15-35-25-30-29-24(32(25)27)19-9-11-20(12-10-19)26(4,5)6/h7-14H,15,27H2,1-6H3,(H,28,34). The highest BCUT2D eigenvalue weighted by molar-refractivity contribution is 7.99. The Morgan fingerprint density at radius 2 is 1.66 bits per heavy atom. The van der Waals surface area contributed by atoms with E-state index in [-0.39, 0.29) is 17.1 Å². The van der Waals surface area contributed by atoms with Crippen molar-refractivity contribution in [1.29, 1.82) is 0 Å². The number of thioether (sulfide) groups is 1. The quantitative estimate of drug-likeness (QED) is 0.298. The van der Waals surface area contributed by atoms with Gasteiger partial charge in [-0.2, -0.15) is 5.10 Å². The molecule has 0 aliphatic heterocycles. The molecule has 0 fully saturated rings. The summed E-state index contributed by atoms with van der Waals surface area (Å²) in [4.78, 5) is 12.7. The Morgan fingerprint density at radius 3 is 2.29 bits per heavy atom. The van der Waals surface area contributed by atoms with Gasteiger partial charge in [0.2, 0.25) is 11.1 Å². The van der Waals surface area contributed by atoms with Gasteiger partial charge in [-0.15, -0.1) is 10.2 Å². The first-order valence-electron chi connectivity index (χ1n) is 11.4. The predicted octanol–water partition coefficient (Wildman–Crippen LogP) is 4.80. The Kier molecular flexibility index (Phi) is 6.71. The zero-order chi connectivity index (χ0) is 25.3. The molecule has 182 valence electrons. The van der Waals surface area contributed by atoms with Crippen molar-refractivity contribution in [3.63, 3.8) is 0 Å². The first-order chi connectivity index (χ1) is 16.5. The van der Waals surface area contributed by atoms with Crippen LogP contribution in [0, 0.1) is 20.8 Å². The summed E-state index contributed by atoms with van der Waals surface area (Å²) in [5.41, 5.74) is 6.63. The van der Waals surface area contributed by atoms with E-state index in [1.807, 2.05) is 61.9 Å². The van der Waals surface area contributed by atoms with Crippen LogP contribution in [0.5, 0.6) is 0 Å². The van der Waals surface area contributed by atoms with E-state index in [2.05, 4.69) is 53.5 Å². The third-order valence-electron chi connectivity index (χ3n) is 5.84. The average Bonchev–Trinajstić information content (AvgIpc) is 3.32. The zero-order valence-electron chi connectivity index (χ0n) is 21.0. The predicted molar refractivity (Wildman–Crippen MR) is 141 cm³/mol. The maximum absolute atomic E-state index is 12.7. The van der Waals surface area contributed by atoms with Gasteiger partial charge in [0, 0.05) is 5.56 Å². The van der Waals surface area contributed by atoms with E-state index >= 15 is 0 Å². The monoisotopic (exact) mass is 489 g/mol. The van der Waals surface area contributed by atoms with Crippen LogP contribution in [0.4, 0.5) is 5.69 Å². The van der Waals surface area contributed by atoms with Crippen LogP contribution in [0.25, 0.3) is 17.1 Å². The lowest BCUT2D eigenvalue weighted by molar-refractivity contribution is -0.113. The molecule has 0 atom stereocenters. The second-order valence-electron chi connectivity index (χ2n) is 9.63. The third-order valence-corrected chi connectivity index (χ3v) is 6.78. The van der Waals surface area contributed by atoms with Crippen molar-refractivity contribution in [2.45, 2.75) is 52.1 Å². The molecule has 3 N–H and O–H groups in total. The van der Waals surface area contributed by atoms with Gasteiger partial charge in [-0.1, -0.05) is 74.5 Å². The molecule has 0 saturated carbocycles. The lowest BCUT2D eigenvalue weighted by Crippen LogP contribution is -2.17. The first kappa shape index (κ1) is 24.5. The molecular formula is C26H31N7OS. The van der Waals surface area contributed by atoms with E-state index in [1.165, 1.54) is 27.6 Å². The molecule has 2 aromatic heterocycles. The van der Waals surface area contributed by atoms with Crippen molar-refractivity contribution < 1.29 is 4.79 Å². The van der Waals surface area contributed by atoms with Gasteiger partial charge in [0.15, 0.2) is 5.82 Å². The number of nitrogens with one attached hydrogen (secondary N) is 1. The van der Waals surface area contributed by atoms with E-state index in [0.29, 0.717) is 16.7 Å². The number of nitrogen functional groups attached to an aromatic ring is 1. The maximum Gasteiger partial charge on any atom is 0.234 e. The van der Waals surface area contributed by atoms with Crippen molar-refractivity contribution in [1.82, 2.24) is 24.7 Å². The largest absolute Gasteiger partial charge is 0.335 e. The van der Waals surface area contributed by atoms with Crippen LogP contribution < -0.4 is 11.2 Å². The summed E-state index contributed by atoms with van der Waals surface area (Å²) >= 11 is 1.24. The molecule has 2 heterocycles. The number of amides is 1. The highest BCUT2D eigenvalue weighted by atomic mass is 32.2. The minimum atomic E-state index is -0.163. The number of nitrogens with zero attached hydrogens (tertiary/aromatic N) is 5. The molecule has 35 heavy (non-hydrogen) atoms. The third kappa shape index (κ3) is 5.24. The molecule has 0 spiro atoms. The number of nitrogens with two attached hydrogens (primary N) is 1. The van der Waals surface area contributed by atoms with Gasteiger partial charge in [0.1, 0.15) is 0 Å².